The van der Waals surface area contributed by atoms with E-state index in [9.17, 15) is 9.59 Å². The van der Waals surface area contributed by atoms with Crippen LogP contribution in [-0.4, -0.2) is 35.2 Å². The number of carboxylic acid groups (broad SMARTS) is 1. The van der Waals surface area contributed by atoms with Crippen molar-refractivity contribution in [2.45, 2.75) is 0 Å². The molecular formula is C13H12Br2N2O3S. The maximum Gasteiger partial charge on any atom is 0.337 e. The van der Waals surface area contributed by atoms with Crippen LogP contribution in [0.25, 0.3) is 0 Å². The van der Waals surface area contributed by atoms with E-state index in [1.165, 1.54) is 17.8 Å². The van der Waals surface area contributed by atoms with Crippen molar-refractivity contribution >= 4 is 61.3 Å². The third-order valence-electron chi connectivity index (χ3n) is 2.24. The first-order valence-electron chi connectivity index (χ1n) is 5.74. The van der Waals surface area contributed by atoms with Gasteiger partial charge in [0.25, 0.3) is 0 Å². The summed E-state index contributed by atoms with van der Waals surface area (Å²) in [7, 11) is 0. The Morgan fingerprint density at radius 2 is 2.10 bits per heavy atom. The molecule has 1 aromatic rings. The quantitative estimate of drug-likeness (QED) is 0.472. The number of benzene rings is 1. The predicted molar refractivity (Wildman–Crippen MR) is 92.0 cm³/mol. The number of amides is 2. The summed E-state index contributed by atoms with van der Waals surface area (Å²) in [6, 6.07) is 2.61. The fourth-order valence-electron chi connectivity index (χ4n) is 1.39. The number of halogens is 2. The van der Waals surface area contributed by atoms with Gasteiger partial charge in [0.1, 0.15) is 0 Å². The van der Waals surface area contributed by atoms with Crippen molar-refractivity contribution in [3.63, 3.8) is 0 Å². The Morgan fingerprint density at radius 3 is 2.71 bits per heavy atom. The molecule has 0 saturated heterocycles. The van der Waals surface area contributed by atoms with Crippen molar-refractivity contribution < 1.29 is 14.7 Å². The highest BCUT2D eigenvalue weighted by Gasteiger charge is 2.16. The average molecular weight is 436 g/mol. The lowest BCUT2D eigenvalue weighted by Crippen LogP contribution is -2.31. The number of thioether (sulfide) groups is 1. The fourth-order valence-corrected chi connectivity index (χ4v) is 3.23. The number of hydrogen-bond donors (Lipinski definition) is 3. The minimum Gasteiger partial charge on any atom is -0.478 e. The lowest BCUT2D eigenvalue weighted by molar-refractivity contribution is 0.0698. The molecule has 0 aromatic heterocycles. The molecule has 0 aliphatic carbocycles. The van der Waals surface area contributed by atoms with Gasteiger partial charge in [-0.1, -0.05) is 21.9 Å². The minimum absolute atomic E-state index is 0.00638. The second-order valence-corrected chi connectivity index (χ2v) is 6.63. The van der Waals surface area contributed by atoms with Crippen LogP contribution in [0.1, 0.15) is 10.4 Å². The van der Waals surface area contributed by atoms with Crippen LogP contribution in [0.4, 0.5) is 10.5 Å². The topological polar surface area (TPSA) is 78.4 Å². The molecule has 0 atom stereocenters. The highest BCUT2D eigenvalue weighted by molar-refractivity contribution is 9.11. The molecule has 0 unspecified atom stereocenters. The van der Waals surface area contributed by atoms with Crippen LogP contribution in [0.15, 0.2) is 21.1 Å². The van der Waals surface area contributed by atoms with Crippen LogP contribution in [-0.2, 0) is 0 Å². The SMILES string of the molecule is C#CCSCCNC(=O)Nc1c(Br)cc(Br)cc1C(=O)O. The summed E-state index contributed by atoms with van der Waals surface area (Å²) in [6.45, 7) is 0.439. The first-order valence-corrected chi connectivity index (χ1v) is 8.48. The van der Waals surface area contributed by atoms with E-state index in [4.69, 9.17) is 11.5 Å². The maximum atomic E-state index is 11.8. The summed E-state index contributed by atoms with van der Waals surface area (Å²) in [6.07, 6.45) is 5.11. The molecule has 0 radical (unpaired) electrons. The monoisotopic (exact) mass is 434 g/mol. The van der Waals surface area contributed by atoms with Gasteiger partial charge in [0.05, 0.1) is 17.0 Å². The Morgan fingerprint density at radius 1 is 1.38 bits per heavy atom. The summed E-state index contributed by atoms with van der Waals surface area (Å²) < 4.78 is 1.08. The molecule has 0 fully saturated rings. The van der Waals surface area contributed by atoms with E-state index in [0.717, 1.165) is 0 Å². The number of nitrogens with one attached hydrogen (secondary N) is 2. The Kier molecular flexibility index (Phi) is 7.64. The van der Waals surface area contributed by atoms with Crippen LogP contribution in [0, 0.1) is 12.3 Å². The summed E-state index contributed by atoms with van der Waals surface area (Å²) in [4.78, 5) is 23.0. The smallest absolute Gasteiger partial charge is 0.337 e. The molecule has 1 rings (SSSR count). The lowest BCUT2D eigenvalue weighted by Gasteiger charge is -2.12. The zero-order valence-corrected chi connectivity index (χ0v) is 14.8. The molecule has 0 spiro atoms. The van der Waals surface area contributed by atoms with Gasteiger partial charge in [0.15, 0.2) is 0 Å². The molecule has 0 bridgehead atoms. The van der Waals surface area contributed by atoms with Crippen molar-refractivity contribution in [1.29, 1.82) is 0 Å². The molecule has 5 nitrogen and oxygen atoms in total. The molecule has 0 aliphatic rings. The number of carbonyl (C=O) groups is 2. The second-order valence-electron chi connectivity index (χ2n) is 3.75. The number of aromatic carboxylic acids is 1. The number of urea groups is 1. The third kappa shape index (κ3) is 5.99. The molecule has 3 N–H and O–H groups in total. The molecule has 0 saturated carbocycles. The van der Waals surface area contributed by atoms with Crippen LogP contribution in [0.5, 0.6) is 0 Å². The fraction of sp³-hybridized carbons (Fsp3) is 0.231. The third-order valence-corrected chi connectivity index (χ3v) is 4.19. The van der Waals surface area contributed by atoms with E-state index in [0.29, 0.717) is 27.0 Å². The standard InChI is InChI=1S/C13H12Br2N2O3S/c1-2-4-21-5-3-16-13(20)17-11-9(12(18)19)6-8(14)7-10(11)15/h1,6-7H,3-5H2,(H,18,19)(H2,16,17,20). The highest BCUT2D eigenvalue weighted by Crippen LogP contribution is 2.30. The molecule has 112 valence electrons. The van der Waals surface area contributed by atoms with Crippen molar-refractivity contribution in [2.24, 2.45) is 0 Å². The van der Waals surface area contributed by atoms with Gasteiger partial charge in [-0.2, -0.15) is 0 Å². The van der Waals surface area contributed by atoms with Crippen molar-refractivity contribution in [1.82, 2.24) is 5.32 Å². The van der Waals surface area contributed by atoms with Gasteiger partial charge in [0.2, 0.25) is 0 Å². The van der Waals surface area contributed by atoms with Gasteiger partial charge < -0.3 is 15.7 Å². The normalized spacial score (nSPS) is 9.76. The zero-order chi connectivity index (χ0) is 15.8. The first kappa shape index (κ1) is 17.9. The van der Waals surface area contributed by atoms with E-state index in [1.54, 1.807) is 6.07 Å². The van der Waals surface area contributed by atoms with E-state index < -0.39 is 12.0 Å². The average Bonchev–Trinajstić information content (AvgIpc) is 2.41. The first-order chi connectivity index (χ1) is 9.95. The Balaban J connectivity index is 2.68. The van der Waals surface area contributed by atoms with Gasteiger partial charge >= 0.3 is 12.0 Å². The molecule has 21 heavy (non-hydrogen) atoms. The number of rotatable bonds is 6. The molecule has 8 heteroatoms. The lowest BCUT2D eigenvalue weighted by atomic mass is 10.2. The van der Waals surface area contributed by atoms with E-state index in [-0.39, 0.29) is 11.3 Å². The van der Waals surface area contributed by atoms with Crippen molar-refractivity contribution in [3.05, 3.63) is 26.6 Å². The van der Waals surface area contributed by atoms with Gasteiger partial charge in [-0.05, 0) is 28.1 Å². The number of hydrogen-bond acceptors (Lipinski definition) is 3. The number of carboxylic acids is 1. The van der Waals surface area contributed by atoms with Crippen LogP contribution < -0.4 is 10.6 Å². The maximum absolute atomic E-state index is 11.8. The molecule has 1 aromatic carbocycles. The molecule has 0 heterocycles. The van der Waals surface area contributed by atoms with E-state index >= 15 is 0 Å². The molecule has 2 amide bonds. The van der Waals surface area contributed by atoms with Crippen LogP contribution in [0.2, 0.25) is 0 Å². The Labute approximate surface area is 143 Å². The summed E-state index contributed by atoms with van der Waals surface area (Å²) in [5.41, 5.74) is 0.201. The molecule has 0 aliphatic heterocycles. The summed E-state index contributed by atoms with van der Waals surface area (Å²) >= 11 is 7.97. The molecular weight excluding hydrogens is 424 g/mol. The van der Waals surface area contributed by atoms with Crippen LogP contribution in [0.3, 0.4) is 0 Å². The number of carbonyl (C=O) groups excluding carboxylic acids is 1. The van der Waals surface area contributed by atoms with E-state index in [2.05, 4.69) is 48.4 Å². The Bertz CT molecular complexity index is 588. The van der Waals surface area contributed by atoms with Gasteiger partial charge in [-0.15, -0.1) is 18.2 Å². The van der Waals surface area contributed by atoms with Gasteiger partial charge in [0, 0.05) is 21.2 Å². The highest BCUT2D eigenvalue weighted by atomic mass is 79.9. The van der Waals surface area contributed by atoms with Crippen LogP contribution >= 0.6 is 43.6 Å². The Hall–Kier alpha value is -1.17. The largest absolute Gasteiger partial charge is 0.478 e. The van der Waals surface area contributed by atoms with Crippen molar-refractivity contribution in [3.8, 4) is 12.3 Å². The number of anilines is 1. The zero-order valence-electron chi connectivity index (χ0n) is 10.8. The predicted octanol–water partition coefficient (Wildman–Crippen LogP) is 3.40. The van der Waals surface area contributed by atoms with Crippen molar-refractivity contribution in [2.75, 3.05) is 23.4 Å². The summed E-state index contributed by atoms with van der Waals surface area (Å²) in [5.74, 6) is 2.63. The van der Waals surface area contributed by atoms with E-state index in [1.807, 2.05) is 0 Å². The minimum atomic E-state index is -1.13. The number of terminal acetylenes is 1. The summed E-state index contributed by atoms with van der Waals surface area (Å²) in [5, 5.41) is 14.3. The van der Waals surface area contributed by atoms with Gasteiger partial charge in [-0.3, -0.25) is 0 Å². The van der Waals surface area contributed by atoms with Gasteiger partial charge in [-0.25, -0.2) is 9.59 Å². The second kappa shape index (κ2) is 8.97.